The highest BCUT2D eigenvalue weighted by atomic mass is 16.4. The van der Waals surface area contributed by atoms with Crippen LogP contribution in [0.4, 0.5) is 0 Å². The third-order valence-electron chi connectivity index (χ3n) is 1.99. The molecule has 17 heavy (non-hydrogen) atoms. The minimum absolute atomic E-state index is 0.119. The van der Waals surface area contributed by atoms with Crippen molar-refractivity contribution in [1.29, 1.82) is 0 Å². The molecular weight excluding hydrogens is 226 g/mol. The summed E-state index contributed by atoms with van der Waals surface area (Å²) in [4.78, 5) is 37.3. The average Bonchev–Trinajstić information content (AvgIpc) is 2.36. The van der Waals surface area contributed by atoms with E-state index < -0.39 is 17.8 Å². The monoisotopic (exact) mass is 237 g/mol. The maximum Gasteiger partial charge on any atom is 0.335 e. The summed E-state index contributed by atoms with van der Waals surface area (Å²) in [6, 6.07) is 2.21. The predicted molar refractivity (Wildman–Crippen MR) is 58.0 cm³/mol. The number of aromatic carboxylic acids is 1. The summed E-state index contributed by atoms with van der Waals surface area (Å²) in [5, 5.41) is 13.5. The van der Waals surface area contributed by atoms with Crippen LogP contribution in [0.25, 0.3) is 0 Å². The fourth-order valence-corrected chi connectivity index (χ4v) is 1.14. The first-order chi connectivity index (χ1) is 7.99. The molecule has 0 aromatic carbocycles. The molecule has 90 valence electrons. The number of hydrogen-bond donors (Lipinski definition) is 3. The molecule has 1 rings (SSSR count). The van der Waals surface area contributed by atoms with Crippen LogP contribution in [0.15, 0.2) is 12.1 Å². The van der Waals surface area contributed by atoms with Gasteiger partial charge in [0.2, 0.25) is 0 Å². The molecule has 7 heteroatoms. The second-order valence-corrected chi connectivity index (χ2v) is 3.09. The van der Waals surface area contributed by atoms with Crippen LogP contribution in [0.5, 0.6) is 0 Å². The molecule has 0 saturated carbocycles. The lowest BCUT2D eigenvalue weighted by Gasteiger charge is -2.04. The van der Waals surface area contributed by atoms with Crippen molar-refractivity contribution in [2.75, 3.05) is 14.1 Å². The molecule has 2 amide bonds. The fraction of sp³-hybridized carbons (Fsp3) is 0.200. The second kappa shape index (κ2) is 5.06. The van der Waals surface area contributed by atoms with E-state index >= 15 is 0 Å². The van der Waals surface area contributed by atoms with Gasteiger partial charge in [-0.05, 0) is 12.1 Å². The lowest BCUT2D eigenvalue weighted by Crippen LogP contribution is -2.24. The Labute approximate surface area is 96.9 Å². The second-order valence-electron chi connectivity index (χ2n) is 3.09. The lowest BCUT2D eigenvalue weighted by molar-refractivity contribution is 0.0696. The van der Waals surface area contributed by atoms with Gasteiger partial charge in [-0.2, -0.15) is 0 Å². The highest BCUT2D eigenvalue weighted by Crippen LogP contribution is 2.07. The largest absolute Gasteiger partial charge is 0.478 e. The maximum atomic E-state index is 11.4. The maximum absolute atomic E-state index is 11.4. The van der Waals surface area contributed by atoms with Crippen LogP contribution in [-0.4, -0.2) is 42.0 Å². The van der Waals surface area contributed by atoms with Crippen molar-refractivity contribution in [3.8, 4) is 0 Å². The predicted octanol–water partition coefficient (Wildman–Crippen LogP) is -0.501. The number of carboxylic acid groups (broad SMARTS) is 1. The van der Waals surface area contributed by atoms with E-state index in [0.717, 1.165) is 12.1 Å². The number of hydrogen-bond acceptors (Lipinski definition) is 4. The van der Waals surface area contributed by atoms with Crippen LogP contribution >= 0.6 is 0 Å². The van der Waals surface area contributed by atoms with Gasteiger partial charge in [0.25, 0.3) is 11.8 Å². The standard InChI is InChI=1S/C10H11N3O4/c1-11-8(14)6-3-5(10(16)17)4-7(13-6)9(15)12-2/h3-4H,1-2H3,(H,11,14)(H,12,15)(H,16,17). The quantitative estimate of drug-likeness (QED) is 0.656. The van der Waals surface area contributed by atoms with Gasteiger partial charge in [-0.1, -0.05) is 0 Å². The fourth-order valence-electron chi connectivity index (χ4n) is 1.14. The number of carboxylic acids is 1. The molecule has 0 radical (unpaired) electrons. The first kappa shape index (κ1) is 12.6. The molecule has 3 N–H and O–H groups in total. The molecule has 0 spiro atoms. The number of aromatic nitrogens is 1. The van der Waals surface area contributed by atoms with Crippen LogP contribution in [0.1, 0.15) is 31.3 Å². The first-order valence-electron chi connectivity index (χ1n) is 4.69. The zero-order valence-corrected chi connectivity index (χ0v) is 9.27. The van der Waals surface area contributed by atoms with Crippen LogP contribution in [-0.2, 0) is 0 Å². The summed E-state index contributed by atoms with van der Waals surface area (Å²) >= 11 is 0. The van der Waals surface area contributed by atoms with E-state index in [1.165, 1.54) is 14.1 Å². The Morgan fingerprint density at radius 2 is 1.47 bits per heavy atom. The number of amides is 2. The van der Waals surface area contributed by atoms with Crippen molar-refractivity contribution in [2.24, 2.45) is 0 Å². The van der Waals surface area contributed by atoms with E-state index in [9.17, 15) is 14.4 Å². The van der Waals surface area contributed by atoms with Gasteiger partial charge in [-0.25, -0.2) is 9.78 Å². The van der Waals surface area contributed by atoms with E-state index in [1.54, 1.807) is 0 Å². The van der Waals surface area contributed by atoms with Crippen LogP contribution in [0, 0.1) is 0 Å². The van der Waals surface area contributed by atoms with E-state index in [4.69, 9.17) is 5.11 Å². The Balaban J connectivity index is 3.33. The molecule has 0 aliphatic heterocycles. The van der Waals surface area contributed by atoms with Gasteiger partial charge in [0, 0.05) is 14.1 Å². The van der Waals surface area contributed by atoms with Crippen molar-refractivity contribution in [1.82, 2.24) is 15.6 Å². The summed E-state index contributed by atoms with van der Waals surface area (Å²) in [5.74, 6) is -2.35. The van der Waals surface area contributed by atoms with E-state index in [0.29, 0.717) is 0 Å². The molecular formula is C10H11N3O4. The van der Waals surface area contributed by atoms with Gasteiger partial charge in [-0.3, -0.25) is 9.59 Å². The van der Waals surface area contributed by atoms with Gasteiger partial charge in [0.05, 0.1) is 5.56 Å². The van der Waals surface area contributed by atoms with Crippen molar-refractivity contribution in [3.05, 3.63) is 29.1 Å². The Morgan fingerprint density at radius 3 is 1.76 bits per heavy atom. The zero-order chi connectivity index (χ0) is 13.0. The van der Waals surface area contributed by atoms with E-state index in [1.807, 2.05) is 0 Å². The first-order valence-corrected chi connectivity index (χ1v) is 4.69. The topological polar surface area (TPSA) is 108 Å². The Morgan fingerprint density at radius 1 is 1.06 bits per heavy atom. The number of rotatable bonds is 3. The molecule has 1 aromatic heterocycles. The summed E-state index contributed by atoms with van der Waals surface area (Å²) in [7, 11) is 2.77. The highest BCUT2D eigenvalue weighted by Gasteiger charge is 2.15. The Kier molecular flexibility index (Phi) is 3.76. The molecule has 0 atom stereocenters. The molecule has 1 heterocycles. The number of nitrogens with zero attached hydrogens (tertiary/aromatic N) is 1. The van der Waals surface area contributed by atoms with Gasteiger partial charge >= 0.3 is 5.97 Å². The average molecular weight is 237 g/mol. The van der Waals surface area contributed by atoms with Gasteiger partial charge < -0.3 is 15.7 Å². The van der Waals surface area contributed by atoms with Gasteiger partial charge in [0.15, 0.2) is 0 Å². The third kappa shape index (κ3) is 2.77. The molecule has 7 nitrogen and oxygen atoms in total. The smallest absolute Gasteiger partial charge is 0.335 e. The molecule has 0 saturated heterocycles. The number of nitrogens with one attached hydrogen (secondary N) is 2. The summed E-state index contributed by atoms with van der Waals surface area (Å²) in [6.07, 6.45) is 0. The summed E-state index contributed by atoms with van der Waals surface area (Å²) in [6.45, 7) is 0. The van der Waals surface area contributed by atoms with E-state index in [-0.39, 0.29) is 17.0 Å². The Bertz CT molecular complexity index is 450. The number of pyridine rings is 1. The molecule has 0 fully saturated rings. The minimum Gasteiger partial charge on any atom is -0.478 e. The van der Waals surface area contributed by atoms with Crippen molar-refractivity contribution in [3.63, 3.8) is 0 Å². The van der Waals surface area contributed by atoms with Crippen molar-refractivity contribution >= 4 is 17.8 Å². The molecule has 1 aromatic rings. The summed E-state index contributed by atoms with van der Waals surface area (Å²) in [5.41, 5.74) is -0.408. The Hall–Kier alpha value is -2.44. The van der Waals surface area contributed by atoms with Crippen LogP contribution in [0.2, 0.25) is 0 Å². The van der Waals surface area contributed by atoms with Crippen molar-refractivity contribution < 1.29 is 19.5 Å². The molecule has 0 aliphatic rings. The summed E-state index contributed by atoms with van der Waals surface area (Å²) < 4.78 is 0. The lowest BCUT2D eigenvalue weighted by atomic mass is 10.1. The minimum atomic E-state index is -1.23. The highest BCUT2D eigenvalue weighted by molar-refractivity contribution is 6.00. The van der Waals surface area contributed by atoms with Gasteiger partial charge in [-0.15, -0.1) is 0 Å². The van der Waals surface area contributed by atoms with Crippen LogP contribution in [0.3, 0.4) is 0 Å². The SMILES string of the molecule is CNC(=O)c1cc(C(=O)O)cc(C(=O)NC)n1. The zero-order valence-electron chi connectivity index (χ0n) is 9.27. The van der Waals surface area contributed by atoms with E-state index in [2.05, 4.69) is 15.6 Å². The number of carbonyl (C=O) groups excluding carboxylic acids is 2. The van der Waals surface area contributed by atoms with Crippen molar-refractivity contribution in [2.45, 2.75) is 0 Å². The molecule has 0 aliphatic carbocycles. The molecule has 0 bridgehead atoms. The normalized spacial score (nSPS) is 9.53. The molecule has 0 unspecified atom stereocenters. The van der Waals surface area contributed by atoms with Crippen LogP contribution < -0.4 is 10.6 Å². The third-order valence-corrected chi connectivity index (χ3v) is 1.99. The number of carbonyl (C=O) groups is 3. The van der Waals surface area contributed by atoms with Gasteiger partial charge in [0.1, 0.15) is 11.4 Å².